The summed E-state index contributed by atoms with van der Waals surface area (Å²) in [7, 11) is 0. The van der Waals surface area contributed by atoms with E-state index >= 15 is 0 Å². The smallest absolute Gasteiger partial charge is 0.306 e. The molecular weight excluding hydrogens is 551 g/mol. The van der Waals surface area contributed by atoms with E-state index in [1.807, 2.05) is 11.0 Å². The first kappa shape index (κ1) is 22.2. The molecule has 0 spiro atoms. The Balaban J connectivity index is 1.46. The Hall–Kier alpha value is -2.63. The van der Waals surface area contributed by atoms with Gasteiger partial charge in [0.25, 0.3) is 12.0 Å². The minimum Gasteiger partial charge on any atom is -0.370 e. The highest BCUT2D eigenvalue weighted by atomic mass is 127. The monoisotopic (exact) mass is 570 g/mol. The second-order valence-corrected chi connectivity index (χ2v) is 9.43. The number of halogens is 5. The van der Waals surface area contributed by atoms with E-state index in [9.17, 15) is 22.4 Å². The van der Waals surface area contributed by atoms with Crippen LogP contribution in [-0.4, -0.2) is 28.5 Å². The van der Waals surface area contributed by atoms with Crippen molar-refractivity contribution in [2.24, 2.45) is 0 Å². The van der Waals surface area contributed by atoms with E-state index in [0.29, 0.717) is 41.1 Å². The number of nitrogens with one attached hydrogen (secondary N) is 1. The molecule has 0 aliphatic carbocycles. The van der Waals surface area contributed by atoms with E-state index in [0.717, 1.165) is 3.57 Å². The number of piperidine rings is 1. The summed E-state index contributed by atoms with van der Waals surface area (Å²) in [6.45, 7) is 0.930. The van der Waals surface area contributed by atoms with Gasteiger partial charge in [-0.3, -0.25) is 4.79 Å². The van der Waals surface area contributed by atoms with Gasteiger partial charge >= 0.3 is 5.92 Å². The lowest BCUT2D eigenvalue weighted by Gasteiger charge is -2.31. The molecule has 172 valence electrons. The first-order chi connectivity index (χ1) is 15.7. The molecule has 1 fully saturated rings. The summed E-state index contributed by atoms with van der Waals surface area (Å²) in [4.78, 5) is 19.3. The Morgan fingerprint density at radius 2 is 1.85 bits per heavy atom. The van der Waals surface area contributed by atoms with Crippen molar-refractivity contribution in [2.75, 3.05) is 23.3 Å². The van der Waals surface area contributed by atoms with Gasteiger partial charge in [0.1, 0.15) is 5.52 Å². The molecule has 5 nitrogen and oxygen atoms in total. The Morgan fingerprint density at radius 1 is 1.09 bits per heavy atom. The number of alkyl halides is 2. The second-order valence-electron chi connectivity index (χ2n) is 8.18. The number of nitrogens with zero attached hydrogens (tertiary/aromatic N) is 3. The Bertz CT molecular complexity index is 1290. The minimum atomic E-state index is -3.00. The highest BCUT2D eigenvalue weighted by Crippen LogP contribution is 2.41. The minimum absolute atomic E-state index is 0.152. The second kappa shape index (κ2) is 8.30. The molecule has 0 bridgehead atoms. The fraction of sp³-hybridized carbons (Fsp3) is 0.304. The number of aromatic nitrogens is 2. The average molecular weight is 570 g/mol. The van der Waals surface area contributed by atoms with Gasteiger partial charge < -0.3 is 14.8 Å². The van der Waals surface area contributed by atoms with Crippen LogP contribution in [-0.2, 0) is 12.5 Å². The van der Waals surface area contributed by atoms with Crippen LogP contribution in [0, 0.1) is 3.57 Å². The van der Waals surface area contributed by atoms with Crippen molar-refractivity contribution in [3.63, 3.8) is 0 Å². The average Bonchev–Trinajstić information content (AvgIpc) is 3.31. The van der Waals surface area contributed by atoms with Crippen LogP contribution in [0.25, 0.3) is 11.0 Å². The van der Waals surface area contributed by atoms with Crippen LogP contribution < -0.4 is 10.2 Å². The van der Waals surface area contributed by atoms with E-state index < -0.39 is 17.9 Å². The van der Waals surface area contributed by atoms with Crippen molar-refractivity contribution in [2.45, 2.75) is 31.7 Å². The van der Waals surface area contributed by atoms with E-state index in [1.54, 1.807) is 30.3 Å². The van der Waals surface area contributed by atoms with Gasteiger partial charge in [0.2, 0.25) is 0 Å². The standard InChI is InChI=1S/C23H19F4IN4O/c24-20(25)13-6-9-31(10-7-13)18-12-14(28)4-5-15(18)21(33)29-16-2-1-3-17-19(16)30-22-23(26,27)8-11-32(17)22/h1-5,12H,6-11H2,(H,29,33). The lowest BCUT2D eigenvalue weighted by atomic mass is 10.0. The Kier molecular flexibility index (Phi) is 5.58. The van der Waals surface area contributed by atoms with E-state index in [1.165, 1.54) is 4.57 Å². The van der Waals surface area contributed by atoms with Crippen molar-refractivity contribution in [1.29, 1.82) is 0 Å². The molecule has 2 aromatic carbocycles. The third-order valence-corrected chi connectivity index (χ3v) is 6.85. The fourth-order valence-corrected chi connectivity index (χ4v) is 4.95. The zero-order chi connectivity index (χ0) is 23.3. The molecule has 1 aromatic heterocycles. The first-order valence-corrected chi connectivity index (χ1v) is 11.6. The van der Waals surface area contributed by atoms with Crippen LogP contribution in [0.5, 0.6) is 0 Å². The zero-order valence-electron chi connectivity index (χ0n) is 17.3. The summed E-state index contributed by atoms with van der Waals surface area (Å²) in [6.07, 6.45) is -1.43. The van der Waals surface area contributed by atoms with E-state index in [4.69, 9.17) is 0 Å². The number of carbonyl (C=O) groups is 1. The van der Waals surface area contributed by atoms with Gasteiger partial charge in [-0.15, -0.1) is 0 Å². The van der Waals surface area contributed by atoms with Gasteiger partial charge in [0, 0.05) is 29.6 Å². The van der Waals surface area contributed by atoms with Gasteiger partial charge in [-0.25, -0.2) is 4.98 Å². The summed E-state index contributed by atoms with van der Waals surface area (Å²) in [6, 6.07) is 10.4. The van der Waals surface area contributed by atoms with Crippen molar-refractivity contribution in [3.05, 3.63) is 63.0 Å². The molecule has 0 unspecified atom stereocenters. The highest BCUT2D eigenvalue weighted by molar-refractivity contribution is 14.1. The highest BCUT2D eigenvalue weighted by Gasteiger charge is 2.42. The first-order valence-electron chi connectivity index (χ1n) is 10.5. The van der Waals surface area contributed by atoms with Gasteiger partial charge in [0.15, 0.2) is 5.82 Å². The maximum Gasteiger partial charge on any atom is 0.306 e. The molecule has 1 saturated heterocycles. The molecule has 0 radical (unpaired) electrons. The number of amides is 1. The SMILES string of the molecule is O=C(Nc1cccc2c1nc1n2CCC1(F)F)c1ccc(I)cc1N1CCC(=C(F)F)CC1. The third-order valence-electron chi connectivity index (χ3n) is 6.18. The Morgan fingerprint density at radius 3 is 2.58 bits per heavy atom. The van der Waals surface area contributed by atoms with Crippen molar-refractivity contribution in [1.82, 2.24) is 9.55 Å². The van der Waals surface area contributed by atoms with Gasteiger partial charge in [-0.1, -0.05) is 6.07 Å². The lowest BCUT2D eigenvalue weighted by Crippen LogP contribution is -2.32. The fourth-order valence-electron chi connectivity index (χ4n) is 4.47. The molecule has 3 aromatic rings. The van der Waals surface area contributed by atoms with E-state index in [2.05, 4.69) is 32.9 Å². The van der Waals surface area contributed by atoms with Crippen LogP contribution in [0.15, 0.2) is 48.1 Å². The number of anilines is 2. The summed E-state index contributed by atoms with van der Waals surface area (Å²) in [5.41, 5.74) is 2.41. The van der Waals surface area contributed by atoms with Gasteiger partial charge in [-0.05, 0) is 71.3 Å². The summed E-state index contributed by atoms with van der Waals surface area (Å²) >= 11 is 2.14. The van der Waals surface area contributed by atoms with Crippen LogP contribution in [0.1, 0.15) is 35.4 Å². The van der Waals surface area contributed by atoms with Gasteiger partial charge in [-0.2, -0.15) is 17.6 Å². The van der Waals surface area contributed by atoms with Crippen LogP contribution >= 0.6 is 22.6 Å². The third kappa shape index (κ3) is 3.98. The molecular formula is C23H19F4IN4O. The van der Waals surface area contributed by atoms with Crippen LogP contribution in [0.3, 0.4) is 0 Å². The summed E-state index contributed by atoms with van der Waals surface area (Å²) in [5.74, 6) is -3.69. The molecule has 1 N–H and O–H groups in total. The summed E-state index contributed by atoms with van der Waals surface area (Å²) in [5, 5.41) is 2.83. The number of hydrogen-bond donors (Lipinski definition) is 1. The quantitative estimate of drug-likeness (QED) is 0.304. The topological polar surface area (TPSA) is 50.2 Å². The zero-order valence-corrected chi connectivity index (χ0v) is 19.5. The normalized spacial score (nSPS) is 17.4. The van der Waals surface area contributed by atoms with Crippen molar-refractivity contribution < 1.29 is 22.4 Å². The molecule has 5 rings (SSSR count). The van der Waals surface area contributed by atoms with E-state index in [-0.39, 0.29) is 37.2 Å². The number of imidazole rings is 1. The number of fused-ring (bicyclic) bond motifs is 3. The van der Waals surface area contributed by atoms with Crippen molar-refractivity contribution >= 4 is 50.9 Å². The maximum absolute atomic E-state index is 14.2. The number of benzene rings is 2. The molecule has 2 aliphatic rings. The molecule has 0 atom stereocenters. The number of para-hydroxylation sites is 1. The van der Waals surface area contributed by atoms with Crippen LogP contribution in [0.4, 0.5) is 28.9 Å². The summed E-state index contributed by atoms with van der Waals surface area (Å²) < 4.78 is 56.6. The number of hydrogen-bond acceptors (Lipinski definition) is 3. The van der Waals surface area contributed by atoms with Crippen LogP contribution in [0.2, 0.25) is 0 Å². The van der Waals surface area contributed by atoms with Gasteiger partial charge in [0.05, 0.1) is 22.5 Å². The Labute approximate surface area is 200 Å². The molecule has 0 saturated carbocycles. The lowest BCUT2D eigenvalue weighted by molar-refractivity contribution is -0.00604. The predicted molar refractivity (Wildman–Crippen MR) is 126 cm³/mol. The largest absolute Gasteiger partial charge is 0.370 e. The molecule has 3 heterocycles. The number of carbonyl (C=O) groups excluding carboxylic acids is 1. The molecule has 10 heteroatoms. The molecule has 2 aliphatic heterocycles. The maximum atomic E-state index is 14.2. The molecule has 33 heavy (non-hydrogen) atoms. The predicted octanol–water partition coefficient (Wildman–Crippen LogP) is 6.14. The van der Waals surface area contributed by atoms with Crippen molar-refractivity contribution in [3.8, 4) is 0 Å². The number of aryl methyl sites for hydroxylation is 1. The molecule has 1 amide bonds. The number of rotatable bonds is 3.